The molecule has 0 aliphatic carbocycles. The van der Waals surface area contributed by atoms with Gasteiger partial charge in [0.05, 0.1) is 6.26 Å². The highest BCUT2D eigenvalue weighted by atomic mass is 32.2. The van der Waals surface area contributed by atoms with Gasteiger partial charge >= 0.3 is 0 Å². The van der Waals surface area contributed by atoms with Crippen LogP contribution < -0.4 is 15.4 Å². The van der Waals surface area contributed by atoms with E-state index in [1.807, 2.05) is 20.8 Å². The molecule has 0 spiro atoms. The third kappa shape index (κ3) is 9.44. The van der Waals surface area contributed by atoms with Crippen molar-refractivity contribution in [2.45, 2.75) is 59.4 Å². The van der Waals surface area contributed by atoms with Crippen LogP contribution in [-0.2, 0) is 10.0 Å². The van der Waals surface area contributed by atoms with Gasteiger partial charge in [0.2, 0.25) is 10.0 Å². The van der Waals surface area contributed by atoms with Crippen molar-refractivity contribution in [3.8, 4) is 0 Å². The molecule has 0 aromatic carbocycles. The summed E-state index contributed by atoms with van der Waals surface area (Å²) in [6.07, 6.45) is 3.78. The smallest absolute Gasteiger partial charge is 0.209 e. The second-order valence-corrected chi connectivity index (χ2v) is 8.74. The Labute approximate surface area is 147 Å². The maximum absolute atomic E-state index is 11.4. The zero-order valence-corrected chi connectivity index (χ0v) is 16.9. The second-order valence-electron chi connectivity index (χ2n) is 6.99. The van der Waals surface area contributed by atoms with E-state index in [1.165, 1.54) is 0 Å². The van der Waals surface area contributed by atoms with Gasteiger partial charge in [-0.3, -0.25) is 4.99 Å². The van der Waals surface area contributed by atoms with E-state index in [1.54, 1.807) is 0 Å². The number of aliphatic hydroxyl groups is 1. The molecule has 0 aliphatic rings. The number of nitrogens with zero attached hydrogens (tertiary/aromatic N) is 1. The van der Waals surface area contributed by atoms with Gasteiger partial charge in [0.1, 0.15) is 0 Å². The molecule has 0 fully saturated rings. The number of aliphatic imine (C=N–C) groups is 1. The number of hydrogen-bond donors (Lipinski definition) is 4. The molecule has 0 saturated carbocycles. The molecule has 7 nitrogen and oxygen atoms in total. The minimum atomic E-state index is -3.27. The SMILES string of the molecule is CCNC(=NCC(CC)(CC)CCO)NCC(C)(C)NS(C)(=O)=O. The van der Waals surface area contributed by atoms with E-state index in [0.717, 1.165) is 32.1 Å². The summed E-state index contributed by atoms with van der Waals surface area (Å²) in [6.45, 7) is 11.8. The topological polar surface area (TPSA) is 103 Å². The van der Waals surface area contributed by atoms with Crippen LogP contribution >= 0.6 is 0 Å². The first kappa shape index (κ1) is 23.1. The summed E-state index contributed by atoms with van der Waals surface area (Å²) in [4.78, 5) is 4.65. The summed E-state index contributed by atoms with van der Waals surface area (Å²) in [5.74, 6) is 0.657. The van der Waals surface area contributed by atoms with Crippen molar-refractivity contribution in [3.63, 3.8) is 0 Å². The third-order valence-electron chi connectivity index (χ3n) is 4.22. The van der Waals surface area contributed by atoms with Gasteiger partial charge in [-0.2, -0.15) is 0 Å². The average Bonchev–Trinajstić information content (AvgIpc) is 2.46. The monoisotopic (exact) mass is 364 g/mol. The van der Waals surface area contributed by atoms with Gasteiger partial charge in [-0.25, -0.2) is 13.1 Å². The average molecular weight is 365 g/mol. The number of nitrogens with one attached hydrogen (secondary N) is 3. The molecule has 0 bridgehead atoms. The molecule has 0 rings (SSSR count). The van der Waals surface area contributed by atoms with Crippen LogP contribution in [0.2, 0.25) is 0 Å². The summed E-state index contributed by atoms with van der Waals surface area (Å²) in [5.41, 5.74) is -0.626. The van der Waals surface area contributed by atoms with E-state index in [9.17, 15) is 13.5 Å². The molecule has 0 aromatic rings. The number of hydrogen-bond acceptors (Lipinski definition) is 4. The van der Waals surface area contributed by atoms with Crippen LogP contribution in [0.3, 0.4) is 0 Å². The lowest BCUT2D eigenvalue weighted by Crippen LogP contribution is -2.53. The van der Waals surface area contributed by atoms with Crippen LogP contribution in [-0.4, -0.2) is 57.5 Å². The first-order valence-corrected chi connectivity index (χ1v) is 10.5. The van der Waals surface area contributed by atoms with Gasteiger partial charge in [0, 0.05) is 31.8 Å². The summed E-state index contributed by atoms with van der Waals surface area (Å²) in [5, 5.41) is 15.7. The minimum absolute atomic E-state index is 0.00235. The quantitative estimate of drug-likeness (QED) is 0.324. The summed E-state index contributed by atoms with van der Waals surface area (Å²) in [7, 11) is -3.27. The molecule has 24 heavy (non-hydrogen) atoms. The van der Waals surface area contributed by atoms with Crippen molar-refractivity contribution in [3.05, 3.63) is 0 Å². The Morgan fingerprint density at radius 3 is 2.12 bits per heavy atom. The predicted octanol–water partition coefficient (Wildman–Crippen LogP) is 1.06. The molecule has 0 aliphatic heterocycles. The van der Waals surface area contributed by atoms with Gasteiger partial charge in [-0.15, -0.1) is 0 Å². The van der Waals surface area contributed by atoms with E-state index < -0.39 is 15.6 Å². The minimum Gasteiger partial charge on any atom is -0.396 e. The Morgan fingerprint density at radius 1 is 1.12 bits per heavy atom. The molecule has 0 aromatic heterocycles. The maximum atomic E-state index is 11.4. The van der Waals surface area contributed by atoms with Crippen molar-refractivity contribution in [2.24, 2.45) is 10.4 Å². The van der Waals surface area contributed by atoms with Crippen LogP contribution in [0.15, 0.2) is 4.99 Å². The van der Waals surface area contributed by atoms with Gasteiger partial charge in [-0.1, -0.05) is 13.8 Å². The predicted molar refractivity (Wildman–Crippen MR) is 101 cm³/mol. The zero-order chi connectivity index (χ0) is 18.9. The molecule has 0 atom stereocenters. The Hall–Kier alpha value is -0.860. The molecule has 0 amide bonds. The van der Waals surface area contributed by atoms with Crippen LogP contribution in [0.4, 0.5) is 0 Å². The molecule has 4 N–H and O–H groups in total. The lowest BCUT2D eigenvalue weighted by molar-refractivity contribution is 0.175. The Kier molecular flexibility index (Phi) is 9.84. The first-order valence-electron chi connectivity index (χ1n) is 8.65. The molecule has 0 saturated heterocycles. The van der Waals surface area contributed by atoms with E-state index in [4.69, 9.17) is 0 Å². The lowest BCUT2D eigenvalue weighted by Gasteiger charge is -2.30. The second kappa shape index (κ2) is 10.2. The highest BCUT2D eigenvalue weighted by Gasteiger charge is 2.26. The van der Waals surface area contributed by atoms with Gasteiger partial charge < -0.3 is 15.7 Å². The van der Waals surface area contributed by atoms with Crippen molar-refractivity contribution in [1.29, 1.82) is 0 Å². The van der Waals surface area contributed by atoms with E-state index in [-0.39, 0.29) is 12.0 Å². The van der Waals surface area contributed by atoms with Crippen molar-refractivity contribution in [2.75, 3.05) is 32.5 Å². The number of sulfonamides is 1. The summed E-state index contributed by atoms with van der Waals surface area (Å²) >= 11 is 0. The molecule has 8 heteroatoms. The lowest BCUT2D eigenvalue weighted by atomic mass is 9.79. The number of guanidine groups is 1. The zero-order valence-electron chi connectivity index (χ0n) is 16.1. The normalized spacial score (nSPS) is 13.9. The Morgan fingerprint density at radius 2 is 1.71 bits per heavy atom. The molecular formula is C16H36N4O3S. The van der Waals surface area contributed by atoms with Gasteiger partial charge in [-0.05, 0) is 45.4 Å². The third-order valence-corrected chi connectivity index (χ3v) is 5.14. The van der Waals surface area contributed by atoms with Crippen molar-refractivity contribution >= 4 is 16.0 Å². The molecule has 144 valence electrons. The fourth-order valence-corrected chi connectivity index (χ4v) is 3.65. The summed E-state index contributed by atoms with van der Waals surface area (Å²) in [6, 6.07) is 0. The molecule has 0 radical (unpaired) electrons. The first-order chi connectivity index (χ1) is 11.0. The maximum Gasteiger partial charge on any atom is 0.209 e. The Balaban J connectivity index is 4.96. The molecule has 0 unspecified atom stereocenters. The largest absolute Gasteiger partial charge is 0.396 e. The van der Waals surface area contributed by atoms with Gasteiger partial charge in [0.25, 0.3) is 0 Å². The molecule has 0 heterocycles. The highest BCUT2D eigenvalue weighted by molar-refractivity contribution is 7.88. The Bertz CT molecular complexity index is 486. The van der Waals surface area contributed by atoms with E-state index in [2.05, 4.69) is 34.2 Å². The standard InChI is InChI=1S/C16H36N4O3S/c1-7-16(8-2,10-11-21)13-19-14(17-9-3)18-12-15(4,5)20-24(6,22)23/h20-21H,7-13H2,1-6H3,(H2,17,18,19). The van der Waals surface area contributed by atoms with E-state index >= 15 is 0 Å². The summed E-state index contributed by atoms with van der Waals surface area (Å²) < 4.78 is 25.4. The van der Waals surface area contributed by atoms with E-state index in [0.29, 0.717) is 19.0 Å². The van der Waals surface area contributed by atoms with Crippen molar-refractivity contribution < 1.29 is 13.5 Å². The van der Waals surface area contributed by atoms with Crippen LogP contribution in [0.1, 0.15) is 53.9 Å². The van der Waals surface area contributed by atoms with Crippen LogP contribution in [0, 0.1) is 5.41 Å². The highest BCUT2D eigenvalue weighted by Crippen LogP contribution is 2.30. The van der Waals surface area contributed by atoms with Crippen molar-refractivity contribution in [1.82, 2.24) is 15.4 Å². The van der Waals surface area contributed by atoms with Crippen LogP contribution in [0.25, 0.3) is 0 Å². The number of aliphatic hydroxyl groups excluding tert-OH is 1. The number of rotatable bonds is 11. The fourth-order valence-electron chi connectivity index (χ4n) is 2.57. The van der Waals surface area contributed by atoms with Gasteiger partial charge in [0.15, 0.2) is 5.96 Å². The van der Waals surface area contributed by atoms with Crippen LogP contribution in [0.5, 0.6) is 0 Å². The fraction of sp³-hybridized carbons (Fsp3) is 0.938. The molecular weight excluding hydrogens is 328 g/mol.